The molecule has 24 heavy (non-hydrogen) atoms. The third-order valence-electron chi connectivity index (χ3n) is 4.41. The van der Waals surface area contributed by atoms with Crippen molar-refractivity contribution in [2.45, 2.75) is 19.4 Å². The molecule has 0 aliphatic carbocycles. The van der Waals surface area contributed by atoms with Crippen LogP contribution in [-0.2, 0) is 6.42 Å². The highest BCUT2D eigenvalue weighted by atomic mass is 16.5. The number of benzene rings is 2. The summed E-state index contributed by atoms with van der Waals surface area (Å²) >= 11 is 0. The third kappa shape index (κ3) is 3.60. The first kappa shape index (κ1) is 16.5. The fraction of sp³-hybridized carbons (Fsp3) is 0.350. The van der Waals surface area contributed by atoms with E-state index in [2.05, 4.69) is 53.6 Å². The zero-order valence-electron chi connectivity index (χ0n) is 14.5. The van der Waals surface area contributed by atoms with Crippen molar-refractivity contribution >= 4 is 6.21 Å². The molecule has 0 radical (unpaired) electrons. The summed E-state index contributed by atoms with van der Waals surface area (Å²) < 4.78 is 10.9. The van der Waals surface area contributed by atoms with E-state index in [1.165, 1.54) is 16.7 Å². The standard InChI is InChI=1S/C20H24N2O2/c1-14-4-6-15(7-5-14)12-21-13-18-17-11-20(24-3)19(23-2)10-16(17)8-9-22-18/h4-7,10-12,18,22H,8-9,13H2,1-3H3. The van der Waals surface area contributed by atoms with Gasteiger partial charge in [-0.1, -0.05) is 29.8 Å². The first-order chi connectivity index (χ1) is 11.7. The third-order valence-corrected chi connectivity index (χ3v) is 4.41. The molecule has 1 aliphatic heterocycles. The van der Waals surface area contributed by atoms with Gasteiger partial charge in [-0.25, -0.2) is 0 Å². The highest BCUT2D eigenvalue weighted by Crippen LogP contribution is 2.35. The first-order valence-electron chi connectivity index (χ1n) is 8.26. The molecule has 0 bridgehead atoms. The molecule has 126 valence electrons. The molecule has 1 heterocycles. The number of rotatable bonds is 5. The summed E-state index contributed by atoms with van der Waals surface area (Å²) in [4.78, 5) is 4.63. The Labute approximate surface area is 143 Å². The van der Waals surface area contributed by atoms with Crippen LogP contribution in [0.3, 0.4) is 0 Å². The summed E-state index contributed by atoms with van der Waals surface area (Å²) in [6, 6.07) is 12.8. The van der Waals surface area contributed by atoms with Crippen LogP contribution in [0.1, 0.15) is 28.3 Å². The zero-order valence-corrected chi connectivity index (χ0v) is 14.5. The molecular weight excluding hydrogens is 300 g/mol. The summed E-state index contributed by atoms with van der Waals surface area (Å²) in [5.74, 6) is 1.56. The lowest BCUT2D eigenvalue weighted by atomic mass is 9.93. The Bertz CT molecular complexity index is 723. The minimum absolute atomic E-state index is 0.204. The summed E-state index contributed by atoms with van der Waals surface area (Å²) in [5.41, 5.74) is 4.95. The van der Waals surface area contributed by atoms with E-state index in [0.717, 1.165) is 30.0 Å². The second-order valence-corrected chi connectivity index (χ2v) is 6.07. The molecule has 2 aromatic carbocycles. The van der Waals surface area contributed by atoms with Gasteiger partial charge in [0.15, 0.2) is 11.5 Å². The second-order valence-electron chi connectivity index (χ2n) is 6.07. The van der Waals surface area contributed by atoms with Crippen molar-refractivity contribution in [3.8, 4) is 11.5 Å². The Hall–Kier alpha value is -2.33. The van der Waals surface area contributed by atoms with E-state index in [9.17, 15) is 0 Å². The summed E-state index contributed by atoms with van der Waals surface area (Å²) in [7, 11) is 3.35. The number of hydrogen-bond donors (Lipinski definition) is 1. The fourth-order valence-corrected chi connectivity index (χ4v) is 3.05. The molecule has 0 saturated heterocycles. The van der Waals surface area contributed by atoms with Gasteiger partial charge < -0.3 is 14.8 Å². The Kier molecular flexibility index (Phi) is 5.16. The lowest BCUT2D eigenvalue weighted by Gasteiger charge is -2.27. The Morgan fingerprint density at radius 3 is 2.54 bits per heavy atom. The molecule has 0 saturated carbocycles. The number of fused-ring (bicyclic) bond motifs is 1. The van der Waals surface area contributed by atoms with Gasteiger partial charge in [0, 0.05) is 6.21 Å². The smallest absolute Gasteiger partial charge is 0.161 e. The molecular formula is C20H24N2O2. The van der Waals surface area contributed by atoms with E-state index in [4.69, 9.17) is 9.47 Å². The Morgan fingerprint density at radius 2 is 1.83 bits per heavy atom. The van der Waals surface area contributed by atoms with Crippen LogP contribution in [-0.4, -0.2) is 33.5 Å². The molecule has 1 unspecified atom stereocenters. The topological polar surface area (TPSA) is 42.9 Å². The van der Waals surface area contributed by atoms with E-state index < -0.39 is 0 Å². The largest absolute Gasteiger partial charge is 0.493 e. The van der Waals surface area contributed by atoms with Gasteiger partial charge in [0.2, 0.25) is 0 Å². The molecule has 0 amide bonds. The predicted octanol–water partition coefficient (Wildman–Crippen LogP) is 3.32. The van der Waals surface area contributed by atoms with Crippen molar-refractivity contribution in [2.75, 3.05) is 27.3 Å². The van der Waals surface area contributed by atoms with Crippen molar-refractivity contribution in [1.29, 1.82) is 0 Å². The maximum atomic E-state index is 5.44. The van der Waals surface area contributed by atoms with Gasteiger partial charge >= 0.3 is 0 Å². The maximum absolute atomic E-state index is 5.44. The molecule has 0 fully saturated rings. The van der Waals surface area contributed by atoms with E-state index in [0.29, 0.717) is 6.54 Å². The second kappa shape index (κ2) is 7.49. The fourth-order valence-electron chi connectivity index (χ4n) is 3.05. The van der Waals surface area contributed by atoms with E-state index in [-0.39, 0.29) is 6.04 Å². The minimum Gasteiger partial charge on any atom is -0.493 e. The van der Waals surface area contributed by atoms with Crippen LogP contribution < -0.4 is 14.8 Å². The van der Waals surface area contributed by atoms with Gasteiger partial charge in [-0.15, -0.1) is 0 Å². The number of aliphatic imine (C=N–C) groups is 1. The zero-order chi connectivity index (χ0) is 16.9. The summed E-state index contributed by atoms with van der Waals surface area (Å²) in [5, 5.41) is 3.55. The van der Waals surface area contributed by atoms with Crippen LogP contribution >= 0.6 is 0 Å². The van der Waals surface area contributed by atoms with Gasteiger partial charge in [0.1, 0.15) is 0 Å². The maximum Gasteiger partial charge on any atom is 0.161 e. The number of nitrogens with one attached hydrogen (secondary N) is 1. The molecule has 4 heteroatoms. The van der Waals surface area contributed by atoms with Crippen LogP contribution in [0.5, 0.6) is 11.5 Å². The minimum atomic E-state index is 0.204. The van der Waals surface area contributed by atoms with Gasteiger partial charge in [-0.05, 0) is 48.7 Å². The number of aryl methyl sites for hydroxylation is 1. The molecule has 1 N–H and O–H groups in total. The van der Waals surface area contributed by atoms with Crippen molar-refractivity contribution < 1.29 is 9.47 Å². The van der Waals surface area contributed by atoms with E-state index in [1.54, 1.807) is 14.2 Å². The predicted molar refractivity (Wildman–Crippen MR) is 97.6 cm³/mol. The van der Waals surface area contributed by atoms with Crippen LogP contribution in [0.2, 0.25) is 0 Å². The molecule has 0 aromatic heterocycles. The lowest BCUT2D eigenvalue weighted by molar-refractivity contribution is 0.352. The molecule has 3 rings (SSSR count). The van der Waals surface area contributed by atoms with Gasteiger partial charge in [-0.3, -0.25) is 4.99 Å². The lowest BCUT2D eigenvalue weighted by Crippen LogP contribution is -2.31. The van der Waals surface area contributed by atoms with Crippen molar-refractivity contribution in [3.63, 3.8) is 0 Å². The van der Waals surface area contributed by atoms with Crippen LogP contribution in [0.15, 0.2) is 41.4 Å². The summed E-state index contributed by atoms with van der Waals surface area (Å²) in [6.07, 6.45) is 2.93. The monoisotopic (exact) mass is 324 g/mol. The van der Waals surface area contributed by atoms with E-state index in [1.807, 2.05) is 6.21 Å². The molecule has 4 nitrogen and oxygen atoms in total. The molecule has 2 aromatic rings. The quantitative estimate of drug-likeness (QED) is 0.858. The average Bonchev–Trinajstić information content (AvgIpc) is 2.62. The first-order valence-corrected chi connectivity index (χ1v) is 8.26. The van der Waals surface area contributed by atoms with Crippen molar-refractivity contribution in [1.82, 2.24) is 5.32 Å². The number of hydrogen-bond acceptors (Lipinski definition) is 4. The number of nitrogens with zero attached hydrogens (tertiary/aromatic N) is 1. The van der Waals surface area contributed by atoms with Gasteiger partial charge in [-0.2, -0.15) is 0 Å². The Balaban J connectivity index is 1.77. The van der Waals surface area contributed by atoms with Crippen LogP contribution in [0, 0.1) is 6.92 Å². The van der Waals surface area contributed by atoms with Gasteiger partial charge in [0.05, 0.1) is 26.8 Å². The van der Waals surface area contributed by atoms with Crippen LogP contribution in [0.25, 0.3) is 0 Å². The molecule has 0 spiro atoms. The molecule has 1 aliphatic rings. The van der Waals surface area contributed by atoms with Gasteiger partial charge in [0.25, 0.3) is 0 Å². The van der Waals surface area contributed by atoms with Crippen molar-refractivity contribution in [3.05, 3.63) is 58.7 Å². The summed E-state index contributed by atoms with van der Waals surface area (Å²) in [6.45, 7) is 3.75. The van der Waals surface area contributed by atoms with E-state index >= 15 is 0 Å². The Morgan fingerprint density at radius 1 is 1.12 bits per heavy atom. The normalized spacial score (nSPS) is 16.9. The highest BCUT2D eigenvalue weighted by molar-refractivity contribution is 5.79. The number of methoxy groups -OCH3 is 2. The SMILES string of the molecule is COc1cc2c(cc1OC)C(CN=Cc1ccc(C)cc1)NCC2. The molecule has 1 atom stereocenters. The van der Waals surface area contributed by atoms with Crippen molar-refractivity contribution in [2.24, 2.45) is 4.99 Å². The van der Waals surface area contributed by atoms with Crippen LogP contribution in [0.4, 0.5) is 0 Å². The average molecular weight is 324 g/mol. The number of ether oxygens (including phenoxy) is 2. The highest BCUT2D eigenvalue weighted by Gasteiger charge is 2.22.